The zero-order chi connectivity index (χ0) is 24.1. The van der Waals surface area contributed by atoms with Crippen LogP contribution in [0.2, 0.25) is 5.02 Å². The fraction of sp³-hybridized carbons (Fsp3) is 0.579. The van der Waals surface area contributed by atoms with Crippen molar-refractivity contribution < 1.29 is 31.1 Å². The number of hydrogen-bond acceptors (Lipinski definition) is 5. The Morgan fingerprint density at radius 3 is 2.41 bits per heavy atom. The smallest absolute Gasteiger partial charge is 0.381 e. The van der Waals surface area contributed by atoms with Gasteiger partial charge in [0.1, 0.15) is 5.65 Å². The van der Waals surface area contributed by atoms with Crippen LogP contribution in [0.15, 0.2) is 17.3 Å². The molecule has 2 aromatic rings. The van der Waals surface area contributed by atoms with E-state index in [4.69, 9.17) is 16.3 Å². The molecule has 3 heterocycles. The summed E-state index contributed by atoms with van der Waals surface area (Å²) in [6.07, 6.45) is -2.85. The quantitative estimate of drug-likeness (QED) is 0.701. The number of amides is 1. The molecule has 1 aliphatic heterocycles. The number of ether oxygens (including phenoxy) is 1. The van der Waals surface area contributed by atoms with Gasteiger partial charge in [0, 0.05) is 38.0 Å². The Labute approximate surface area is 188 Å². The summed E-state index contributed by atoms with van der Waals surface area (Å²) in [4.78, 5) is 18.0. The second kappa shape index (κ2) is 8.47. The van der Waals surface area contributed by atoms with Crippen LogP contribution in [0.4, 0.5) is 13.2 Å². The normalized spacial score (nSPS) is 16.5. The lowest BCUT2D eigenvalue weighted by Gasteiger charge is -2.31. The SMILES string of the molecule is CN(C(=O)c1cc2nc(C(F)(F)F)c(S(=O)(=O)NC(C)(C)C)n2cc1Cl)C1CCOCC1. The Bertz CT molecular complexity index is 1140. The first kappa shape index (κ1) is 24.7. The van der Waals surface area contributed by atoms with Crippen LogP contribution in [-0.4, -0.2) is 60.5 Å². The number of rotatable bonds is 4. The molecule has 0 bridgehead atoms. The van der Waals surface area contributed by atoms with Crippen molar-refractivity contribution in [3.05, 3.63) is 28.5 Å². The van der Waals surface area contributed by atoms with E-state index in [1.165, 1.54) is 25.7 Å². The van der Waals surface area contributed by atoms with E-state index in [2.05, 4.69) is 9.71 Å². The van der Waals surface area contributed by atoms with Crippen LogP contribution in [-0.2, 0) is 20.9 Å². The number of halogens is 4. The van der Waals surface area contributed by atoms with Gasteiger partial charge < -0.3 is 9.64 Å². The number of fused-ring (bicyclic) bond motifs is 1. The van der Waals surface area contributed by atoms with Crippen LogP contribution in [0.5, 0.6) is 0 Å². The lowest BCUT2D eigenvalue weighted by atomic mass is 10.1. The van der Waals surface area contributed by atoms with Crippen molar-refractivity contribution in [1.29, 1.82) is 0 Å². The molecule has 0 aliphatic carbocycles. The van der Waals surface area contributed by atoms with Gasteiger partial charge in [-0.3, -0.25) is 9.20 Å². The van der Waals surface area contributed by atoms with Gasteiger partial charge in [0.05, 0.1) is 10.6 Å². The molecule has 3 rings (SSSR count). The summed E-state index contributed by atoms with van der Waals surface area (Å²) in [5.41, 5.74) is -3.06. The van der Waals surface area contributed by atoms with Crippen molar-refractivity contribution in [3.63, 3.8) is 0 Å². The van der Waals surface area contributed by atoms with Crippen molar-refractivity contribution >= 4 is 33.2 Å². The molecule has 32 heavy (non-hydrogen) atoms. The number of pyridine rings is 1. The Kier molecular flexibility index (Phi) is 6.55. The van der Waals surface area contributed by atoms with Gasteiger partial charge in [-0.25, -0.2) is 18.1 Å². The lowest BCUT2D eigenvalue weighted by molar-refractivity contribution is -0.143. The van der Waals surface area contributed by atoms with E-state index >= 15 is 0 Å². The fourth-order valence-electron chi connectivity index (χ4n) is 3.53. The van der Waals surface area contributed by atoms with E-state index in [1.807, 2.05) is 0 Å². The Hall–Kier alpha value is -1.89. The Morgan fingerprint density at radius 2 is 1.88 bits per heavy atom. The number of alkyl halides is 3. The molecule has 0 aromatic carbocycles. The zero-order valence-corrected chi connectivity index (χ0v) is 19.5. The number of aromatic nitrogens is 2. The topological polar surface area (TPSA) is 93.0 Å². The maximum absolute atomic E-state index is 13.7. The molecule has 0 atom stereocenters. The molecule has 1 N–H and O–H groups in total. The van der Waals surface area contributed by atoms with Crippen LogP contribution in [0, 0.1) is 0 Å². The van der Waals surface area contributed by atoms with E-state index in [0.717, 1.165) is 16.7 Å². The highest BCUT2D eigenvalue weighted by molar-refractivity contribution is 7.89. The summed E-state index contributed by atoms with van der Waals surface area (Å²) in [5.74, 6) is -0.502. The predicted octanol–water partition coefficient (Wildman–Crippen LogP) is 3.33. The molecule has 1 aliphatic rings. The van der Waals surface area contributed by atoms with E-state index in [-0.39, 0.29) is 22.3 Å². The minimum atomic E-state index is -5.05. The largest absolute Gasteiger partial charge is 0.436 e. The monoisotopic (exact) mass is 496 g/mol. The van der Waals surface area contributed by atoms with Gasteiger partial charge in [0.25, 0.3) is 15.9 Å². The third-order valence-electron chi connectivity index (χ3n) is 4.92. The molecule has 8 nitrogen and oxygen atoms in total. The lowest BCUT2D eigenvalue weighted by Crippen LogP contribution is -2.41. The van der Waals surface area contributed by atoms with Crippen LogP contribution in [0.3, 0.4) is 0 Å². The number of hydrogen-bond donors (Lipinski definition) is 1. The first-order chi connectivity index (χ1) is 14.6. The Morgan fingerprint density at radius 1 is 1.28 bits per heavy atom. The van der Waals surface area contributed by atoms with Gasteiger partial charge in [-0.1, -0.05) is 11.6 Å². The summed E-state index contributed by atoms with van der Waals surface area (Å²) in [5, 5.41) is -1.28. The summed E-state index contributed by atoms with van der Waals surface area (Å²) >= 11 is 6.24. The average Bonchev–Trinajstić information content (AvgIpc) is 3.04. The molecule has 1 amide bonds. The molecule has 1 fully saturated rings. The summed E-state index contributed by atoms with van der Waals surface area (Å²) < 4.78 is 75.0. The van der Waals surface area contributed by atoms with Crippen LogP contribution in [0.1, 0.15) is 49.7 Å². The number of nitrogens with one attached hydrogen (secondary N) is 1. The Balaban J connectivity index is 2.14. The van der Waals surface area contributed by atoms with Gasteiger partial charge in [-0.2, -0.15) is 13.2 Å². The third-order valence-corrected chi connectivity index (χ3v) is 7.00. The number of imidazole rings is 1. The highest BCUT2D eigenvalue weighted by Crippen LogP contribution is 2.36. The van der Waals surface area contributed by atoms with Crippen LogP contribution in [0.25, 0.3) is 5.65 Å². The van der Waals surface area contributed by atoms with E-state index in [9.17, 15) is 26.4 Å². The maximum atomic E-state index is 13.7. The predicted molar refractivity (Wildman–Crippen MR) is 111 cm³/mol. The van der Waals surface area contributed by atoms with Gasteiger partial charge in [-0.05, 0) is 39.7 Å². The van der Waals surface area contributed by atoms with Crippen molar-refractivity contribution in [1.82, 2.24) is 19.0 Å². The molecule has 0 radical (unpaired) electrons. The maximum Gasteiger partial charge on any atom is 0.436 e. The summed E-state index contributed by atoms with van der Waals surface area (Å²) in [7, 11) is -3.06. The van der Waals surface area contributed by atoms with Crippen LogP contribution >= 0.6 is 11.6 Å². The van der Waals surface area contributed by atoms with Crippen LogP contribution < -0.4 is 4.72 Å². The molecule has 1 saturated heterocycles. The van der Waals surface area contributed by atoms with Gasteiger partial charge in [-0.15, -0.1) is 0 Å². The standard InChI is InChI=1S/C19H24ClF3N4O4S/c1-18(2,3)25-32(29,30)17-15(19(21,22)23)24-14-9-12(13(20)10-27(14)17)16(28)26(4)11-5-7-31-8-6-11/h9-11,25H,5-8H2,1-4H3. The second-order valence-corrected chi connectivity index (χ2v) is 10.6. The summed E-state index contributed by atoms with van der Waals surface area (Å²) in [6.45, 7) is 5.48. The van der Waals surface area contributed by atoms with Crippen molar-refractivity contribution in [3.8, 4) is 0 Å². The molecule has 0 saturated carbocycles. The molecular formula is C19H24ClF3N4O4S. The fourth-order valence-corrected chi connectivity index (χ4v) is 5.48. The minimum Gasteiger partial charge on any atom is -0.381 e. The first-order valence-electron chi connectivity index (χ1n) is 9.79. The zero-order valence-electron chi connectivity index (χ0n) is 18.0. The molecule has 178 valence electrons. The number of carbonyl (C=O) groups excluding carboxylic acids is 1. The van der Waals surface area contributed by atoms with E-state index < -0.39 is 38.4 Å². The highest BCUT2D eigenvalue weighted by atomic mass is 35.5. The van der Waals surface area contributed by atoms with Gasteiger partial charge >= 0.3 is 6.18 Å². The van der Waals surface area contributed by atoms with Crippen molar-refractivity contribution in [2.24, 2.45) is 0 Å². The molecule has 13 heteroatoms. The van der Waals surface area contributed by atoms with Crippen molar-refractivity contribution in [2.45, 2.75) is 56.4 Å². The van der Waals surface area contributed by atoms with E-state index in [1.54, 1.807) is 7.05 Å². The molecular weight excluding hydrogens is 473 g/mol. The summed E-state index contributed by atoms with van der Waals surface area (Å²) in [6, 6.07) is 0.965. The van der Waals surface area contributed by atoms with Crippen molar-refractivity contribution in [2.75, 3.05) is 20.3 Å². The molecule has 2 aromatic heterocycles. The highest BCUT2D eigenvalue weighted by Gasteiger charge is 2.43. The number of sulfonamides is 1. The third kappa shape index (κ3) is 5.03. The number of nitrogens with zero attached hydrogens (tertiary/aromatic N) is 3. The minimum absolute atomic E-state index is 0.0698. The van der Waals surface area contributed by atoms with Gasteiger partial charge in [0.2, 0.25) is 0 Å². The molecule has 0 spiro atoms. The molecule has 0 unspecified atom stereocenters. The van der Waals surface area contributed by atoms with E-state index in [0.29, 0.717) is 26.1 Å². The number of carbonyl (C=O) groups is 1. The average molecular weight is 497 g/mol. The second-order valence-electron chi connectivity index (χ2n) is 8.64. The first-order valence-corrected chi connectivity index (χ1v) is 11.7. The van der Waals surface area contributed by atoms with Gasteiger partial charge in [0.15, 0.2) is 10.7 Å².